The second-order valence-electron chi connectivity index (χ2n) is 4.48. The molecule has 1 N–H and O–H groups in total. The zero-order valence-corrected chi connectivity index (χ0v) is 13.1. The van der Waals surface area contributed by atoms with Crippen LogP contribution >= 0.6 is 15.9 Å². The summed E-state index contributed by atoms with van der Waals surface area (Å²) in [6.45, 7) is -0.283. The zero-order valence-electron chi connectivity index (χ0n) is 11.5. The molecular formula is C16H13BrFNO3. The molecule has 114 valence electrons. The average molecular weight is 366 g/mol. The Morgan fingerprint density at radius 3 is 2.55 bits per heavy atom. The number of benzene rings is 2. The minimum Gasteiger partial charge on any atom is -0.460 e. The standard InChI is InChI=1S/C16H13BrFNO3/c17-13-6-4-12(5-7-13)16(21)19-9-15(20)22-10-11-2-1-3-14(18)8-11/h1-8H,9-10H2,(H,19,21). The van der Waals surface area contributed by atoms with E-state index >= 15 is 0 Å². The molecule has 0 radical (unpaired) electrons. The Hall–Kier alpha value is -2.21. The normalized spacial score (nSPS) is 10.1. The lowest BCUT2D eigenvalue weighted by Gasteiger charge is -2.07. The number of carbonyl (C=O) groups excluding carboxylic acids is 2. The Balaban J connectivity index is 1.78. The molecule has 2 rings (SSSR count). The van der Waals surface area contributed by atoms with Crippen molar-refractivity contribution < 1.29 is 18.7 Å². The summed E-state index contributed by atoms with van der Waals surface area (Å²) in [6.07, 6.45) is 0. The van der Waals surface area contributed by atoms with Gasteiger partial charge in [0.25, 0.3) is 5.91 Å². The number of amides is 1. The predicted molar refractivity (Wildman–Crippen MR) is 82.7 cm³/mol. The van der Waals surface area contributed by atoms with E-state index in [4.69, 9.17) is 4.74 Å². The van der Waals surface area contributed by atoms with E-state index in [-0.39, 0.29) is 19.1 Å². The second kappa shape index (κ2) is 7.70. The van der Waals surface area contributed by atoms with Crippen molar-refractivity contribution in [2.75, 3.05) is 6.54 Å². The average Bonchev–Trinajstić information content (AvgIpc) is 2.51. The third kappa shape index (κ3) is 4.96. The van der Waals surface area contributed by atoms with Gasteiger partial charge in [0.1, 0.15) is 19.0 Å². The van der Waals surface area contributed by atoms with Crippen LogP contribution in [0, 0.1) is 5.82 Å². The highest BCUT2D eigenvalue weighted by Crippen LogP contribution is 2.10. The summed E-state index contributed by atoms with van der Waals surface area (Å²) in [5, 5.41) is 2.46. The van der Waals surface area contributed by atoms with Crippen molar-refractivity contribution in [1.29, 1.82) is 0 Å². The number of esters is 1. The van der Waals surface area contributed by atoms with Gasteiger partial charge < -0.3 is 10.1 Å². The molecule has 0 fully saturated rings. The van der Waals surface area contributed by atoms with Gasteiger partial charge in [-0.2, -0.15) is 0 Å². The molecule has 0 saturated heterocycles. The van der Waals surface area contributed by atoms with Crippen LogP contribution < -0.4 is 5.32 Å². The van der Waals surface area contributed by atoms with Crippen molar-refractivity contribution in [3.63, 3.8) is 0 Å². The Labute approximate surface area is 135 Å². The largest absolute Gasteiger partial charge is 0.460 e. The number of halogens is 2. The van der Waals surface area contributed by atoms with Crippen molar-refractivity contribution >= 4 is 27.8 Å². The summed E-state index contributed by atoms with van der Waals surface area (Å²) in [7, 11) is 0. The Morgan fingerprint density at radius 1 is 1.14 bits per heavy atom. The lowest BCUT2D eigenvalue weighted by Crippen LogP contribution is -2.30. The fourth-order valence-corrected chi connectivity index (χ4v) is 1.96. The molecule has 4 nitrogen and oxygen atoms in total. The minimum absolute atomic E-state index is 0.0370. The molecule has 0 spiro atoms. The van der Waals surface area contributed by atoms with Crippen LogP contribution in [0.4, 0.5) is 4.39 Å². The summed E-state index contributed by atoms with van der Waals surface area (Å²) < 4.78 is 18.8. The molecule has 2 aromatic carbocycles. The molecule has 0 aliphatic rings. The lowest BCUT2D eigenvalue weighted by molar-refractivity contribution is -0.143. The second-order valence-corrected chi connectivity index (χ2v) is 5.40. The number of hydrogen-bond acceptors (Lipinski definition) is 3. The van der Waals surface area contributed by atoms with Gasteiger partial charge in [0.2, 0.25) is 0 Å². The Morgan fingerprint density at radius 2 is 1.86 bits per heavy atom. The van der Waals surface area contributed by atoms with Crippen molar-refractivity contribution in [2.24, 2.45) is 0 Å². The topological polar surface area (TPSA) is 55.4 Å². The molecule has 0 heterocycles. The van der Waals surface area contributed by atoms with Crippen LogP contribution in [0.5, 0.6) is 0 Å². The number of nitrogens with one attached hydrogen (secondary N) is 1. The van der Waals surface area contributed by atoms with Crippen LogP contribution in [-0.4, -0.2) is 18.4 Å². The summed E-state index contributed by atoms with van der Waals surface area (Å²) in [6, 6.07) is 12.5. The van der Waals surface area contributed by atoms with Crippen LogP contribution in [0.2, 0.25) is 0 Å². The first kappa shape index (κ1) is 16.2. The number of hydrogen-bond donors (Lipinski definition) is 1. The first-order valence-corrected chi connectivity index (χ1v) is 7.28. The van der Waals surface area contributed by atoms with E-state index in [1.807, 2.05) is 0 Å². The minimum atomic E-state index is -0.588. The molecule has 0 atom stereocenters. The molecule has 0 unspecified atom stereocenters. The van der Waals surface area contributed by atoms with Crippen LogP contribution in [0.3, 0.4) is 0 Å². The van der Waals surface area contributed by atoms with Gasteiger partial charge in [-0.3, -0.25) is 9.59 Å². The summed E-state index contributed by atoms with van der Waals surface area (Å²) in [5.41, 5.74) is 0.994. The van der Waals surface area contributed by atoms with Crippen molar-refractivity contribution in [3.05, 3.63) is 69.9 Å². The van der Waals surface area contributed by atoms with Gasteiger partial charge in [0, 0.05) is 10.0 Å². The summed E-state index contributed by atoms with van der Waals surface area (Å²) >= 11 is 3.27. The van der Waals surface area contributed by atoms with E-state index in [0.717, 1.165) is 4.47 Å². The summed E-state index contributed by atoms with van der Waals surface area (Å²) in [4.78, 5) is 23.3. The monoisotopic (exact) mass is 365 g/mol. The Kier molecular flexibility index (Phi) is 5.66. The molecule has 2 aromatic rings. The zero-order chi connectivity index (χ0) is 15.9. The SMILES string of the molecule is O=C(CNC(=O)c1ccc(Br)cc1)OCc1cccc(F)c1. The fourth-order valence-electron chi connectivity index (χ4n) is 1.70. The van der Waals surface area contributed by atoms with Gasteiger partial charge in [-0.05, 0) is 42.0 Å². The lowest BCUT2D eigenvalue weighted by atomic mass is 10.2. The van der Waals surface area contributed by atoms with Gasteiger partial charge in [0.15, 0.2) is 0 Å². The quantitative estimate of drug-likeness (QED) is 0.828. The van der Waals surface area contributed by atoms with E-state index in [0.29, 0.717) is 11.1 Å². The van der Waals surface area contributed by atoms with Crippen LogP contribution in [0.15, 0.2) is 53.0 Å². The molecule has 0 saturated carbocycles. The molecule has 1 amide bonds. The first-order chi connectivity index (χ1) is 10.5. The molecule has 0 bridgehead atoms. The highest BCUT2D eigenvalue weighted by molar-refractivity contribution is 9.10. The molecule has 0 aliphatic carbocycles. The Bertz CT molecular complexity index is 673. The van der Waals surface area contributed by atoms with Crippen LogP contribution in [0.1, 0.15) is 15.9 Å². The third-order valence-corrected chi connectivity index (χ3v) is 3.32. The highest BCUT2D eigenvalue weighted by atomic mass is 79.9. The predicted octanol–water partition coefficient (Wildman–Crippen LogP) is 3.06. The smallest absolute Gasteiger partial charge is 0.325 e. The molecule has 6 heteroatoms. The van der Waals surface area contributed by atoms with E-state index in [2.05, 4.69) is 21.2 Å². The number of rotatable bonds is 5. The van der Waals surface area contributed by atoms with E-state index in [1.165, 1.54) is 18.2 Å². The van der Waals surface area contributed by atoms with Crippen LogP contribution in [-0.2, 0) is 16.1 Å². The van der Waals surface area contributed by atoms with E-state index in [1.54, 1.807) is 30.3 Å². The maximum Gasteiger partial charge on any atom is 0.325 e. The van der Waals surface area contributed by atoms with Gasteiger partial charge in [0.05, 0.1) is 0 Å². The maximum atomic E-state index is 13.0. The first-order valence-electron chi connectivity index (χ1n) is 6.48. The fraction of sp³-hybridized carbons (Fsp3) is 0.125. The van der Waals surface area contributed by atoms with Gasteiger partial charge in [-0.15, -0.1) is 0 Å². The molecular weight excluding hydrogens is 353 g/mol. The molecule has 22 heavy (non-hydrogen) atoms. The van der Waals surface area contributed by atoms with E-state index in [9.17, 15) is 14.0 Å². The molecule has 0 aromatic heterocycles. The number of carbonyl (C=O) groups is 2. The maximum absolute atomic E-state index is 13.0. The number of ether oxygens (including phenoxy) is 1. The van der Waals surface area contributed by atoms with Gasteiger partial charge in [-0.1, -0.05) is 28.1 Å². The van der Waals surface area contributed by atoms with Gasteiger partial charge >= 0.3 is 5.97 Å². The van der Waals surface area contributed by atoms with Crippen LogP contribution in [0.25, 0.3) is 0 Å². The third-order valence-electron chi connectivity index (χ3n) is 2.79. The van der Waals surface area contributed by atoms with E-state index < -0.39 is 11.8 Å². The van der Waals surface area contributed by atoms with Crippen molar-refractivity contribution in [2.45, 2.75) is 6.61 Å². The highest BCUT2D eigenvalue weighted by Gasteiger charge is 2.09. The van der Waals surface area contributed by atoms with Crippen molar-refractivity contribution in [3.8, 4) is 0 Å². The molecule has 0 aliphatic heterocycles. The van der Waals surface area contributed by atoms with Crippen molar-refractivity contribution in [1.82, 2.24) is 5.32 Å². The summed E-state index contributed by atoms with van der Waals surface area (Å²) in [5.74, 6) is -1.35. The van der Waals surface area contributed by atoms with Gasteiger partial charge in [-0.25, -0.2) is 4.39 Å².